The van der Waals surface area contributed by atoms with Crippen LogP contribution in [0.15, 0.2) is 66.7 Å². The van der Waals surface area contributed by atoms with Crippen molar-refractivity contribution in [2.45, 2.75) is 45.6 Å². The molecule has 0 aliphatic carbocycles. The second kappa shape index (κ2) is 16.0. The van der Waals surface area contributed by atoms with Crippen LogP contribution in [-0.2, 0) is 25.7 Å². The van der Waals surface area contributed by atoms with Crippen LogP contribution in [0, 0.1) is 6.92 Å². The molecule has 0 saturated carbocycles. The maximum absolute atomic E-state index is 13.3. The third kappa shape index (κ3) is 10.7. The van der Waals surface area contributed by atoms with E-state index in [0.29, 0.717) is 24.1 Å². The van der Waals surface area contributed by atoms with Crippen LogP contribution in [0.3, 0.4) is 0 Å². The van der Waals surface area contributed by atoms with E-state index in [9.17, 15) is 23.3 Å². The zero-order chi connectivity index (χ0) is 30.9. The Labute approximate surface area is 255 Å². The van der Waals surface area contributed by atoms with Gasteiger partial charge in [0.25, 0.3) is 0 Å². The van der Waals surface area contributed by atoms with Gasteiger partial charge in [-0.3, -0.25) is 0 Å². The predicted molar refractivity (Wildman–Crippen MR) is 173 cm³/mol. The van der Waals surface area contributed by atoms with Gasteiger partial charge in [0.05, 0.1) is 0 Å². The zero-order valence-electron chi connectivity index (χ0n) is 25.1. The molecule has 0 radical (unpaired) electrons. The van der Waals surface area contributed by atoms with Crippen molar-refractivity contribution in [2.24, 2.45) is 0 Å². The summed E-state index contributed by atoms with van der Waals surface area (Å²) in [6.45, 7) is 8.20. The fourth-order valence-corrected chi connectivity index (χ4v) is 4.67. The molecular weight excluding hydrogens is 567 g/mol. The van der Waals surface area contributed by atoms with Gasteiger partial charge in [-0.1, -0.05) is 50.6 Å². The zero-order valence-corrected chi connectivity index (χ0v) is 25.9. The number of benzene rings is 3. The molecule has 0 spiro atoms. The number of anilines is 3. The van der Waals surface area contributed by atoms with E-state index in [1.807, 2.05) is 31.2 Å². The number of carbonyl (C=O) groups is 3. The average Bonchev–Trinajstić information content (AvgIpc) is 2.93. The number of hydrogen-bond donors (Lipinski definition) is 4. The molecule has 228 valence electrons. The minimum Gasteiger partial charge on any atom is -0.412 e. The molecule has 3 aromatic rings. The van der Waals surface area contributed by atoms with Crippen LogP contribution < -0.4 is 21.3 Å². The molecular formula is C31H39BN4O6S. The molecule has 0 aliphatic rings. The summed E-state index contributed by atoms with van der Waals surface area (Å²) in [6.07, 6.45) is 1.76. The van der Waals surface area contributed by atoms with Gasteiger partial charge >= 0.3 is 170 Å². The van der Waals surface area contributed by atoms with Gasteiger partial charge in [0.15, 0.2) is 0 Å². The summed E-state index contributed by atoms with van der Waals surface area (Å²) in [5.74, 6) is -1.02. The Morgan fingerprint density at radius 1 is 0.860 bits per heavy atom. The number of hydrogen-bond acceptors (Lipinski definition) is 6. The molecule has 0 heterocycles. The summed E-state index contributed by atoms with van der Waals surface area (Å²) in [4.78, 5) is 39.6. The van der Waals surface area contributed by atoms with Crippen LogP contribution in [0.1, 0.15) is 59.0 Å². The standard InChI is InChI=1S/C31H37BN4O5S.H2O/c1-20-6-12-23(13-7-20)34-29(38)25-15-14-24(35-30(39)26(33-19-32-40)16-17-42(5)41)18-27(25)36-28(37)21-8-10-22(11-9-21)31(2,3)4;/h6-15,18,26,33H,16-17,19H2,1-5H3,(H,34,38)(H,35,39)(H,36,37);1H2/t26-,42?;/m0./s1. The van der Waals surface area contributed by atoms with Crippen LogP contribution >= 0.6 is 0 Å². The molecule has 43 heavy (non-hydrogen) atoms. The van der Waals surface area contributed by atoms with Crippen molar-refractivity contribution >= 4 is 52.7 Å². The quantitative estimate of drug-likeness (QED) is 0.230. The van der Waals surface area contributed by atoms with Crippen LogP contribution in [0.4, 0.5) is 17.1 Å². The number of nitrogens with one attached hydrogen (secondary N) is 4. The topological polar surface area (TPSA) is 165 Å². The number of amides is 3. The van der Waals surface area contributed by atoms with Crippen molar-refractivity contribution in [3.63, 3.8) is 0 Å². The van der Waals surface area contributed by atoms with Crippen molar-refractivity contribution in [1.29, 1.82) is 0 Å². The summed E-state index contributed by atoms with van der Waals surface area (Å²) in [5, 5.41) is 11.3. The summed E-state index contributed by atoms with van der Waals surface area (Å²) in [6, 6.07) is 18.4. The van der Waals surface area contributed by atoms with E-state index in [1.54, 1.807) is 36.6 Å². The first-order valence-corrected chi connectivity index (χ1v) is 15.3. The van der Waals surface area contributed by atoms with E-state index < -0.39 is 34.6 Å². The van der Waals surface area contributed by atoms with Gasteiger partial charge < -0.3 is 5.48 Å². The van der Waals surface area contributed by atoms with Crippen molar-refractivity contribution in [1.82, 2.24) is 5.32 Å². The van der Waals surface area contributed by atoms with E-state index in [0.717, 1.165) is 11.1 Å². The summed E-state index contributed by atoms with van der Waals surface area (Å²) in [5.41, 5.74) is 3.79. The van der Waals surface area contributed by atoms with E-state index in [-0.39, 0.29) is 40.8 Å². The molecule has 2 atom stereocenters. The number of rotatable bonds is 12. The second-order valence-electron chi connectivity index (χ2n) is 11.0. The fraction of sp³-hybridized carbons (Fsp3) is 0.323. The Morgan fingerprint density at radius 3 is 2.07 bits per heavy atom. The molecule has 0 bridgehead atoms. The van der Waals surface area contributed by atoms with E-state index >= 15 is 0 Å². The van der Waals surface area contributed by atoms with Gasteiger partial charge in [0, 0.05) is 0 Å². The third-order valence-corrected chi connectivity index (χ3v) is 7.37. The molecule has 10 nitrogen and oxygen atoms in total. The van der Waals surface area contributed by atoms with Crippen molar-refractivity contribution in [3.05, 3.63) is 89.0 Å². The third-order valence-electron chi connectivity index (χ3n) is 6.56. The Kier molecular flexibility index (Phi) is 13.1. The van der Waals surface area contributed by atoms with Crippen molar-refractivity contribution in [3.8, 4) is 0 Å². The van der Waals surface area contributed by atoms with Gasteiger partial charge in [-0.15, -0.1) is 0 Å². The van der Waals surface area contributed by atoms with Crippen molar-refractivity contribution < 1.29 is 28.8 Å². The number of aryl methyl sites for hydroxylation is 1. The monoisotopic (exact) mass is 606 g/mol. The molecule has 12 heteroatoms. The minimum atomic E-state index is -1.12. The average molecular weight is 607 g/mol. The van der Waals surface area contributed by atoms with Gasteiger partial charge in [-0.2, -0.15) is 0 Å². The molecule has 0 fully saturated rings. The number of carbonyl (C=O) groups excluding carboxylic acids is 3. The Balaban J connectivity index is 0.00000645. The Morgan fingerprint density at radius 2 is 1.49 bits per heavy atom. The minimum absolute atomic E-state index is 0. The predicted octanol–water partition coefficient (Wildman–Crippen LogP) is 3.64. The van der Waals surface area contributed by atoms with Crippen LogP contribution in [0.2, 0.25) is 0 Å². The smallest absolute Gasteiger partial charge is 0.412 e. The summed E-state index contributed by atoms with van der Waals surface area (Å²) in [7, 11) is -0.472. The first kappa shape index (κ1) is 35.2. The fourth-order valence-electron chi connectivity index (χ4n) is 4.10. The van der Waals surface area contributed by atoms with Crippen LogP contribution in [0.5, 0.6) is 0 Å². The van der Waals surface area contributed by atoms with E-state index in [4.69, 9.17) is 0 Å². The summed E-state index contributed by atoms with van der Waals surface area (Å²) < 4.78 is 22.5. The van der Waals surface area contributed by atoms with Gasteiger partial charge in [-0.25, -0.2) is 0 Å². The second-order valence-corrected chi connectivity index (χ2v) is 12.6. The first-order valence-electron chi connectivity index (χ1n) is 13.6. The molecule has 0 aromatic heterocycles. The van der Waals surface area contributed by atoms with Crippen LogP contribution in [0.25, 0.3) is 0 Å². The first-order chi connectivity index (χ1) is 19.9. The van der Waals surface area contributed by atoms with Gasteiger partial charge in [-0.05, 0) is 30.0 Å². The van der Waals surface area contributed by atoms with E-state index in [1.165, 1.54) is 12.1 Å². The molecule has 0 saturated heterocycles. The molecule has 0 aliphatic heterocycles. The Hall–Kier alpha value is -4.00. The molecule has 3 amide bonds. The SMILES string of the molecule is Cc1ccc(NC(=O)c2ccc(NC(=O)[C@H](CCS(C)=O)NCB=O)cc2NC(=O)c2ccc(C(C)(C)C)cc2)cc1.O. The maximum atomic E-state index is 13.3. The molecule has 3 rings (SSSR count). The van der Waals surface area contributed by atoms with Gasteiger partial charge in [0.1, 0.15) is 0 Å². The van der Waals surface area contributed by atoms with E-state index in [2.05, 4.69) is 42.0 Å². The summed E-state index contributed by atoms with van der Waals surface area (Å²) >= 11 is 0. The van der Waals surface area contributed by atoms with Crippen LogP contribution in [-0.4, -0.2) is 59.1 Å². The van der Waals surface area contributed by atoms with Gasteiger partial charge in [0.2, 0.25) is 0 Å². The normalized spacial score (nSPS) is 12.2. The molecule has 1 unspecified atom stereocenters. The molecule has 3 aromatic carbocycles. The Bertz CT molecular complexity index is 1460. The molecule has 6 N–H and O–H groups in total. The van der Waals surface area contributed by atoms with Crippen molar-refractivity contribution in [2.75, 3.05) is 34.4 Å².